The molecule has 1 aliphatic rings. The van der Waals surface area contributed by atoms with Crippen molar-refractivity contribution in [1.82, 2.24) is 4.98 Å². The molecule has 1 aliphatic carbocycles. The molecule has 6 nitrogen and oxygen atoms in total. The van der Waals surface area contributed by atoms with E-state index in [1.165, 1.54) is 11.3 Å². The van der Waals surface area contributed by atoms with Crippen molar-refractivity contribution in [2.45, 2.75) is 36.2 Å². The topological polar surface area (TPSA) is 85.1 Å². The molecule has 0 bridgehead atoms. The molecule has 1 aromatic heterocycles. The second kappa shape index (κ2) is 6.12. The minimum Gasteiger partial charge on any atom is -0.302 e. The minimum absolute atomic E-state index is 0.148. The summed E-state index contributed by atoms with van der Waals surface area (Å²) in [6.45, 7) is 1.86. The molecule has 1 saturated carbocycles. The summed E-state index contributed by atoms with van der Waals surface area (Å²) in [5.41, 5.74) is 0.859. The van der Waals surface area contributed by atoms with Crippen molar-refractivity contribution in [3.8, 4) is 0 Å². The van der Waals surface area contributed by atoms with E-state index in [0.29, 0.717) is 24.4 Å². The predicted octanol–water partition coefficient (Wildman–Crippen LogP) is 2.64. The number of halogens is 1. The van der Waals surface area contributed by atoms with Gasteiger partial charge in [0.2, 0.25) is 11.9 Å². The van der Waals surface area contributed by atoms with Crippen molar-refractivity contribution in [1.29, 1.82) is 0 Å². The van der Waals surface area contributed by atoms with Gasteiger partial charge in [0.05, 0.1) is 11.6 Å². The summed E-state index contributed by atoms with van der Waals surface area (Å²) < 4.78 is 0.148. The van der Waals surface area contributed by atoms with Crippen molar-refractivity contribution >= 4 is 45.0 Å². The molecule has 0 aliphatic heterocycles. The SMILES string of the molecule is Cc1csc(NC(=O)C2CC([N+](=O)[O-])CCC2I)n1. The third-order valence-corrected chi connectivity index (χ3v) is 5.59. The highest BCUT2D eigenvalue weighted by molar-refractivity contribution is 14.1. The van der Waals surface area contributed by atoms with Gasteiger partial charge < -0.3 is 5.32 Å². The number of amides is 1. The van der Waals surface area contributed by atoms with Crippen LogP contribution in [0.5, 0.6) is 0 Å². The zero-order valence-corrected chi connectivity index (χ0v) is 13.3. The third kappa shape index (κ3) is 3.62. The van der Waals surface area contributed by atoms with Crippen LogP contribution in [0.2, 0.25) is 0 Å². The lowest BCUT2D eigenvalue weighted by Gasteiger charge is -2.27. The van der Waals surface area contributed by atoms with E-state index in [1.54, 1.807) is 0 Å². The number of aryl methyl sites for hydroxylation is 1. The van der Waals surface area contributed by atoms with Crippen molar-refractivity contribution in [2.24, 2.45) is 5.92 Å². The van der Waals surface area contributed by atoms with Gasteiger partial charge in [-0.1, -0.05) is 22.6 Å². The number of nitrogens with zero attached hydrogens (tertiary/aromatic N) is 2. The van der Waals surface area contributed by atoms with E-state index in [1.807, 2.05) is 12.3 Å². The molecule has 1 fully saturated rings. The quantitative estimate of drug-likeness (QED) is 0.369. The van der Waals surface area contributed by atoms with Gasteiger partial charge in [0, 0.05) is 27.1 Å². The lowest BCUT2D eigenvalue weighted by atomic mass is 9.85. The predicted molar refractivity (Wildman–Crippen MR) is 81.4 cm³/mol. The molecule has 2 rings (SSSR count). The number of rotatable bonds is 3. The lowest BCUT2D eigenvalue weighted by Crippen LogP contribution is -2.39. The Morgan fingerprint density at radius 2 is 2.37 bits per heavy atom. The average Bonchev–Trinajstić information content (AvgIpc) is 2.74. The monoisotopic (exact) mass is 395 g/mol. The Balaban J connectivity index is 2.02. The third-order valence-electron chi connectivity index (χ3n) is 3.22. The van der Waals surface area contributed by atoms with E-state index in [4.69, 9.17) is 0 Å². The highest BCUT2D eigenvalue weighted by Gasteiger charge is 2.39. The molecular weight excluding hydrogens is 381 g/mol. The molecular formula is C11H14IN3O3S. The molecule has 8 heteroatoms. The Hall–Kier alpha value is -0.770. The zero-order valence-electron chi connectivity index (χ0n) is 10.3. The van der Waals surface area contributed by atoms with E-state index >= 15 is 0 Å². The number of alkyl halides is 1. The maximum absolute atomic E-state index is 12.2. The number of carbonyl (C=O) groups excluding carboxylic acids is 1. The fourth-order valence-electron chi connectivity index (χ4n) is 2.18. The van der Waals surface area contributed by atoms with Gasteiger partial charge in [-0.3, -0.25) is 14.9 Å². The zero-order chi connectivity index (χ0) is 14.0. The van der Waals surface area contributed by atoms with E-state index < -0.39 is 6.04 Å². The van der Waals surface area contributed by atoms with E-state index in [2.05, 4.69) is 32.9 Å². The number of anilines is 1. The van der Waals surface area contributed by atoms with Gasteiger partial charge in [-0.15, -0.1) is 11.3 Å². The van der Waals surface area contributed by atoms with Crippen LogP contribution in [-0.2, 0) is 4.79 Å². The molecule has 1 N–H and O–H groups in total. The highest BCUT2D eigenvalue weighted by Crippen LogP contribution is 2.33. The number of nitrogens with one attached hydrogen (secondary N) is 1. The number of hydrogen-bond donors (Lipinski definition) is 1. The van der Waals surface area contributed by atoms with E-state index in [9.17, 15) is 14.9 Å². The summed E-state index contributed by atoms with van der Waals surface area (Å²) in [6.07, 6.45) is 1.58. The molecule has 1 aromatic rings. The Morgan fingerprint density at radius 1 is 1.63 bits per heavy atom. The smallest absolute Gasteiger partial charge is 0.230 e. The molecule has 0 radical (unpaired) electrons. The standard InChI is InChI=1S/C11H14IN3O3S/c1-6-5-19-11(13-6)14-10(16)8-4-7(15(17)18)2-3-9(8)12/h5,7-9H,2-4H2,1H3,(H,13,14,16). The summed E-state index contributed by atoms with van der Waals surface area (Å²) in [7, 11) is 0. The highest BCUT2D eigenvalue weighted by atomic mass is 127. The number of carbonyl (C=O) groups is 1. The number of thiazole rings is 1. The van der Waals surface area contributed by atoms with Gasteiger partial charge in [0.15, 0.2) is 5.13 Å². The van der Waals surface area contributed by atoms with Crippen LogP contribution in [0.1, 0.15) is 25.0 Å². The molecule has 104 valence electrons. The molecule has 3 atom stereocenters. The molecule has 3 unspecified atom stereocenters. The summed E-state index contributed by atoms with van der Waals surface area (Å²) >= 11 is 3.59. The van der Waals surface area contributed by atoms with Gasteiger partial charge in [-0.25, -0.2) is 4.98 Å². The molecule has 0 saturated heterocycles. The first-order valence-electron chi connectivity index (χ1n) is 5.98. The van der Waals surface area contributed by atoms with Crippen molar-refractivity contribution in [3.63, 3.8) is 0 Å². The fraction of sp³-hybridized carbons (Fsp3) is 0.636. The summed E-state index contributed by atoms with van der Waals surface area (Å²) in [5, 5.41) is 16.0. The largest absolute Gasteiger partial charge is 0.302 e. The Bertz CT molecular complexity index is 493. The van der Waals surface area contributed by atoms with Crippen LogP contribution in [-0.4, -0.2) is 25.8 Å². The Kier molecular flexibility index (Phi) is 4.71. The normalized spacial score (nSPS) is 26.9. The summed E-state index contributed by atoms with van der Waals surface area (Å²) in [4.78, 5) is 26.9. The van der Waals surface area contributed by atoms with Crippen LogP contribution in [0.25, 0.3) is 0 Å². The second-order valence-corrected chi connectivity index (χ2v) is 7.12. The van der Waals surface area contributed by atoms with Crippen molar-refractivity contribution < 1.29 is 9.72 Å². The molecule has 0 spiro atoms. The maximum atomic E-state index is 12.2. The van der Waals surface area contributed by atoms with Crippen LogP contribution < -0.4 is 5.32 Å². The second-order valence-electron chi connectivity index (χ2n) is 4.66. The average molecular weight is 395 g/mol. The summed E-state index contributed by atoms with van der Waals surface area (Å²) in [5.74, 6) is -0.464. The minimum atomic E-state index is -0.597. The van der Waals surface area contributed by atoms with Crippen molar-refractivity contribution in [3.05, 3.63) is 21.2 Å². The van der Waals surface area contributed by atoms with Crippen molar-refractivity contribution in [2.75, 3.05) is 5.32 Å². The van der Waals surface area contributed by atoms with Crippen LogP contribution in [0.15, 0.2) is 5.38 Å². The van der Waals surface area contributed by atoms with Crippen LogP contribution in [0.3, 0.4) is 0 Å². The molecule has 1 amide bonds. The molecule has 19 heavy (non-hydrogen) atoms. The lowest BCUT2D eigenvalue weighted by molar-refractivity contribution is -0.527. The van der Waals surface area contributed by atoms with Gasteiger partial charge in [-0.2, -0.15) is 0 Å². The first-order chi connectivity index (χ1) is 8.97. The van der Waals surface area contributed by atoms with Crippen LogP contribution in [0.4, 0.5) is 5.13 Å². The first kappa shape index (κ1) is 14.6. The van der Waals surface area contributed by atoms with Gasteiger partial charge in [0.25, 0.3) is 0 Å². The van der Waals surface area contributed by atoms with Crippen LogP contribution in [0, 0.1) is 23.0 Å². The number of nitro groups is 1. The summed E-state index contributed by atoms with van der Waals surface area (Å²) in [6, 6.07) is -0.597. The fourth-order valence-corrected chi connectivity index (χ4v) is 3.85. The maximum Gasteiger partial charge on any atom is 0.230 e. The first-order valence-corrected chi connectivity index (χ1v) is 8.10. The Morgan fingerprint density at radius 3 is 2.95 bits per heavy atom. The van der Waals surface area contributed by atoms with E-state index in [0.717, 1.165) is 5.69 Å². The number of hydrogen-bond acceptors (Lipinski definition) is 5. The van der Waals surface area contributed by atoms with Crippen LogP contribution >= 0.6 is 33.9 Å². The molecule has 1 heterocycles. The number of aromatic nitrogens is 1. The van der Waals surface area contributed by atoms with E-state index in [-0.39, 0.29) is 20.7 Å². The van der Waals surface area contributed by atoms with Gasteiger partial charge >= 0.3 is 0 Å². The molecule has 0 aromatic carbocycles. The van der Waals surface area contributed by atoms with Gasteiger partial charge in [-0.05, 0) is 13.3 Å². The Labute approximate surface area is 128 Å². The van der Waals surface area contributed by atoms with Gasteiger partial charge in [0.1, 0.15) is 0 Å².